The van der Waals surface area contributed by atoms with Gasteiger partial charge >= 0.3 is 12.0 Å². The predicted molar refractivity (Wildman–Crippen MR) is 83.0 cm³/mol. The zero-order valence-electron chi connectivity index (χ0n) is 10.9. The first kappa shape index (κ1) is 13.0. The Morgan fingerprint density at radius 3 is 1.41 bits per heavy atom. The standard InChI is InChI=1S/C12H8N6O2S2/c13-11-17-15-9(19-11)7-3-1-5(21-7)6-2-4-8(22-6)10-16-18-12(14)20-10/h1-4H,(H2,13,17)(H2,14,18). The van der Waals surface area contributed by atoms with Crippen LogP contribution in [0.4, 0.5) is 12.0 Å². The molecule has 0 amide bonds. The maximum absolute atomic E-state index is 5.44. The van der Waals surface area contributed by atoms with Gasteiger partial charge in [-0.05, 0) is 24.3 Å². The lowest BCUT2D eigenvalue weighted by Crippen LogP contribution is -1.81. The number of nitrogens with zero attached hydrogens (tertiary/aromatic N) is 4. The van der Waals surface area contributed by atoms with Crippen LogP contribution in [-0.4, -0.2) is 20.4 Å². The molecule has 0 saturated heterocycles. The van der Waals surface area contributed by atoms with Crippen LogP contribution >= 0.6 is 22.7 Å². The van der Waals surface area contributed by atoms with Crippen LogP contribution < -0.4 is 11.5 Å². The van der Waals surface area contributed by atoms with Gasteiger partial charge in [0.2, 0.25) is 0 Å². The highest BCUT2D eigenvalue weighted by Gasteiger charge is 2.14. The van der Waals surface area contributed by atoms with E-state index in [9.17, 15) is 0 Å². The second-order valence-corrected chi connectivity index (χ2v) is 6.39. The van der Waals surface area contributed by atoms with E-state index in [2.05, 4.69) is 20.4 Å². The summed E-state index contributed by atoms with van der Waals surface area (Å²) < 4.78 is 10.4. The van der Waals surface area contributed by atoms with E-state index in [-0.39, 0.29) is 12.0 Å². The molecule has 4 aromatic rings. The number of rotatable bonds is 3. The van der Waals surface area contributed by atoms with E-state index in [1.807, 2.05) is 24.3 Å². The largest absolute Gasteiger partial charge is 0.403 e. The number of nitrogens with two attached hydrogens (primary N) is 2. The number of hydrogen-bond acceptors (Lipinski definition) is 10. The SMILES string of the molecule is Nc1nnc(-c2ccc(-c3ccc(-c4nnc(N)o4)s3)s2)o1. The number of thiophene rings is 2. The van der Waals surface area contributed by atoms with Crippen LogP contribution in [0, 0.1) is 0 Å². The van der Waals surface area contributed by atoms with Crippen LogP contribution in [0.15, 0.2) is 33.1 Å². The van der Waals surface area contributed by atoms with Crippen molar-refractivity contribution in [3.63, 3.8) is 0 Å². The van der Waals surface area contributed by atoms with Gasteiger partial charge in [-0.25, -0.2) is 0 Å². The maximum Gasteiger partial charge on any atom is 0.313 e. The van der Waals surface area contributed by atoms with Crippen molar-refractivity contribution < 1.29 is 8.83 Å². The lowest BCUT2D eigenvalue weighted by molar-refractivity contribution is 0.591. The third kappa shape index (κ3) is 2.23. The van der Waals surface area contributed by atoms with Crippen LogP contribution in [0.3, 0.4) is 0 Å². The Morgan fingerprint density at radius 1 is 0.636 bits per heavy atom. The Bertz CT molecular complexity index is 860. The fourth-order valence-electron chi connectivity index (χ4n) is 1.84. The Kier molecular flexibility index (Phi) is 2.91. The van der Waals surface area contributed by atoms with Crippen molar-refractivity contribution in [2.24, 2.45) is 0 Å². The molecule has 0 saturated carbocycles. The van der Waals surface area contributed by atoms with Gasteiger partial charge in [0, 0.05) is 9.75 Å². The normalized spacial score (nSPS) is 11.1. The third-order valence-electron chi connectivity index (χ3n) is 2.76. The van der Waals surface area contributed by atoms with E-state index >= 15 is 0 Å². The molecule has 0 aliphatic heterocycles. The summed E-state index contributed by atoms with van der Waals surface area (Å²) in [7, 11) is 0. The van der Waals surface area contributed by atoms with Crippen molar-refractivity contribution in [3.8, 4) is 31.3 Å². The van der Waals surface area contributed by atoms with Gasteiger partial charge < -0.3 is 20.3 Å². The molecule has 0 aromatic carbocycles. The zero-order valence-corrected chi connectivity index (χ0v) is 12.5. The smallest absolute Gasteiger partial charge is 0.313 e. The van der Waals surface area contributed by atoms with Gasteiger partial charge in [0.05, 0.1) is 9.75 Å². The number of hydrogen-bond donors (Lipinski definition) is 2. The first-order chi connectivity index (χ1) is 10.7. The average Bonchev–Trinajstić information content (AvgIpc) is 3.24. The lowest BCUT2D eigenvalue weighted by Gasteiger charge is -1.89. The fraction of sp³-hybridized carbons (Fsp3) is 0. The molecule has 0 spiro atoms. The van der Waals surface area contributed by atoms with Crippen LogP contribution in [0.5, 0.6) is 0 Å². The molecular formula is C12H8N6O2S2. The van der Waals surface area contributed by atoms with Crippen LogP contribution in [-0.2, 0) is 0 Å². The van der Waals surface area contributed by atoms with Gasteiger partial charge in [-0.15, -0.1) is 32.9 Å². The number of anilines is 2. The summed E-state index contributed by atoms with van der Waals surface area (Å²) in [5.41, 5.74) is 10.9. The van der Waals surface area contributed by atoms with Crippen molar-refractivity contribution >= 4 is 34.7 Å². The summed E-state index contributed by atoms with van der Waals surface area (Å²) in [5, 5.41) is 15.1. The molecule has 4 heterocycles. The molecule has 0 fully saturated rings. The number of nitrogen functional groups attached to an aromatic ring is 2. The second kappa shape index (κ2) is 4.93. The highest BCUT2D eigenvalue weighted by molar-refractivity contribution is 7.25. The van der Waals surface area contributed by atoms with E-state index in [1.54, 1.807) is 0 Å². The van der Waals surface area contributed by atoms with E-state index in [4.69, 9.17) is 20.3 Å². The van der Waals surface area contributed by atoms with E-state index in [0.717, 1.165) is 19.5 Å². The first-order valence-electron chi connectivity index (χ1n) is 6.08. The third-order valence-corrected chi connectivity index (χ3v) is 5.10. The Labute approximate surface area is 131 Å². The van der Waals surface area contributed by atoms with Crippen molar-refractivity contribution in [1.82, 2.24) is 20.4 Å². The quantitative estimate of drug-likeness (QED) is 0.585. The van der Waals surface area contributed by atoms with Gasteiger partial charge in [0.1, 0.15) is 0 Å². The maximum atomic E-state index is 5.44. The summed E-state index contributed by atoms with van der Waals surface area (Å²) in [4.78, 5) is 3.85. The minimum absolute atomic E-state index is 0.0531. The molecule has 4 rings (SSSR count). The molecule has 4 aromatic heterocycles. The van der Waals surface area contributed by atoms with E-state index < -0.39 is 0 Å². The Hall–Kier alpha value is -2.72. The molecule has 0 bridgehead atoms. The fourth-order valence-corrected chi connectivity index (χ4v) is 3.78. The molecular weight excluding hydrogens is 324 g/mol. The minimum Gasteiger partial charge on any atom is -0.403 e. The molecule has 8 nitrogen and oxygen atoms in total. The molecule has 0 atom stereocenters. The minimum atomic E-state index is 0.0531. The second-order valence-electron chi connectivity index (χ2n) is 4.22. The Morgan fingerprint density at radius 2 is 1.05 bits per heavy atom. The number of aromatic nitrogens is 4. The molecule has 110 valence electrons. The van der Waals surface area contributed by atoms with Gasteiger partial charge in [0.15, 0.2) is 0 Å². The summed E-state index contributed by atoms with van der Waals surface area (Å²) in [6.45, 7) is 0. The van der Waals surface area contributed by atoms with Crippen LogP contribution in [0.1, 0.15) is 0 Å². The topological polar surface area (TPSA) is 130 Å². The molecule has 0 radical (unpaired) electrons. The Balaban J connectivity index is 1.65. The van der Waals surface area contributed by atoms with E-state index in [0.29, 0.717) is 11.8 Å². The molecule has 10 heteroatoms. The highest BCUT2D eigenvalue weighted by atomic mass is 32.1. The average molecular weight is 332 g/mol. The van der Waals surface area contributed by atoms with Gasteiger partial charge in [-0.1, -0.05) is 10.2 Å². The first-order valence-corrected chi connectivity index (χ1v) is 7.71. The van der Waals surface area contributed by atoms with Crippen molar-refractivity contribution in [1.29, 1.82) is 0 Å². The molecule has 0 aliphatic carbocycles. The highest BCUT2D eigenvalue weighted by Crippen LogP contribution is 2.39. The zero-order chi connectivity index (χ0) is 15.1. The van der Waals surface area contributed by atoms with Gasteiger partial charge in [0.25, 0.3) is 11.8 Å². The van der Waals surface area contributed by atoms with Crippen molar-refractivity contribution in [3.05, 3.63) is 24.3 Å². The predicted octanol–water partition coefficient (Wildman–Crippen LogP) is 2.74. The van der Waals surface area contributed by atoms with Crippen molar-refractivity contribution in [2.75, 3.05) is 11.5 Å². The van der Waals surface area contributed by atoms with Gasteiger partial charge in [-0.2, -0.15) is 0 Å². The lowest BCUT2D eigenvalue weighted by atomic mass is 10.3. The summed E-state index contributed by atoms with van der Waals surface area (Å²) >= 11 is 3.07. The van der Waals surface area contributed by atoms with Crippen LogP contribution in [0.25, 0.3) is 31.3 Å². The van der Waals surface area contributed by atoms with Crippen LogP contribution in [0.2, 0.25) is 0 Å². The summed E-state index contributed by atoms with van der Waals surface area (Å²) in [6.07, 6.45) is 0. The molecule has 0 aliphatic rings. The molecule has 4 N–H and O–H groups in total. The molecule has 0 unspecified atom stereocenters. The molecule has 22 heavy (non-hydrogen) atoms. The summed E-state index contributed by atoms with van der Waals surface area (Å²) in [6, 6.07) is 7.90. The monoisotopic (exact) mass is 332 g/mol. The van der Waals surface area contributed by atoms with E-state index in [1.165, 1.54) is 22.7 Å². The van der Waals surface area contributed by atoms with Gasteiger partial charge in [-0.3, -0.25) is 0 Å². The van der Waals surface area contributed by atoms with Crippen molar-refractivity contribution in [2.45, 2.75) is 0 Å². The summed E-state index contributed by atoms with van der Waals surface area (Å²) in [5.74, 6) is 0.824.